The van der Waals surface area contributed by atoms with Crippen LogP contribution in [0.5, 0.6) is 0 Å². The van der Waals surface area contributed by atoms with E-state index in [-0.39, 0.29) is 11.0 Å². The average molecular weight is 296 g/mol. The van der Waals surface area contributed by atoms with Gasteiger partial charge in [0, 0.05) is 16.4 Å². The molecule has 0 radical (unpaired) electrons. The van der Waals surface area contributed by atoms with Crippen molar-refractivity contribution >= 4 is 22.4 Å². The number of carbonyl (C=O) groups is 1. The number of aromatic nitrogens is 1. The Kier molecular flexibility index (Phi) is 3.85. The third-order valence-corrected chi connectivity index (χ3v) is 3.43. The molecule has 0 fully saturated rings. The highest BCUT2D eigenvalue weighted by atomic mass is 32.1. The quantitative estimate of drug-likeness (QED) is 0.911. The molecule has 1 aromatic heterocycles. The Hall–Kier alpha value is -1.82. The molecule has 0 atom stereocenters. The molecule has 0 saturated heterocycles. The zero-order chi connectivity index (χ0) is 14.9. The summed E-state index contributed by atoms with van der Waals surface area (Å²) in [6.07, 6.45) is 0. The number of nitrogens with one attached hydrogen (secondary N) is 1. The van der Waals surface area contributed by atoms with Crippen LogP contribution in [0.2, 0.25) is 0 Å². The Morgan fingerprint density at radius 3 is 2.50 bits per heavy atom. The first-order valence-electron chi connectivity index (χ1n) is 6.00. The Labute approximate surface area is 119 Å². The van der Waals surface area contributed by atoms with E-state index in [1.807, 2.05) is 26.2 Å². The van der Waals surface area contributed by atoms with Crippen molar-refractivity contribution in [2.75, 3.05) is 5.32 Å². The van der Waals surface area contributed by atoms with E-state index in [4.69, 9.17) is 0 Å². The molecule has 0 bridgehead atoms. The minimum atomic E-state index is -1.05. The van der Waals surface area contributed by atoms with Gasteiger partial charge in [0.2, 0.25) is 0 Å². The number of hydrogen-bond acceptors (Lipinski definition) is 3. The zero-order valence-electron chi connectivity index (χ0n) is 11.3. The summed E-state index contributed by atoms with van der Waals surface area (Å²) in [6, 6.07) is 3.02. The number of amides is 1. The largest absolute Gasteiger partial charge is 0.298 e. The fourth-order valence-electron chi connectivity index (χ4n) is 1.48. The Morgan fingerprint density at radius 1 is 1.25 bits per heavy atom. The molecule has 20 heavy (non-hydrogen) atoms. The number of hydrogen-bond donors (Lipinski definition) is 1. The van der Waals surface area contributed by atoms with Gasteiger partial charge in [0.15, 0.2) is 16.8 Å². The molecule has 2 aromatic rings. The number of rotatable bonds is 2. The van der Waals surface area contributed by atoms with E-state index in [0.29, 0.717) is 5.13 Å². The van der Waals surface area contributed by atoms with Crippen molar-refractivity contribution in [3.05, 3.63) is 46.5 Å². The van der Waals surface area contributed by atoms with E-state index in [9.17, 15) is 13.6 Å². The summed E-state index contributed by atoms with van der Waals surface area (Å²) in [5.74, 6) is -2.54. The highest BCUT2D eigenvalue weighted by Gasteiger charge is 2.18. The minimum absolute atomic E-state index is 0.0522. The first-order chi connectivity index (χ1) is 9.27. The summed E-state index contributed by atoms with van der Waals surface area (Å²) < 4.78 is 25.9. The SMILES string of the molecule is CC(C)(C)c1csc(NC(=O)c2ccc(F)c(F)c2)n1. The summed E-state index contributed by atoms with van der Waals surface area (Å²) in [5, 5.41) is 4.87. The van der Waals surface area contributed by atoms with Crippen LogP contribution < -0.4 is 5.32 Å². The van der Waals surface area contributed by atoms with Crippen molar-refractivity contribution in [2.24, 2.45) is 0 Å². The lowest BCUT2D eigenvalue weighted by Gasteiger charge is -2.14. The van der Waals surface area contributed by atoms with E-state index in [2.05, 4.69) is 10.3 Å². The summed E-state index contributed by atoms with van der Waals surface area (Å²) in [6.45, 7) is 6.05. The second kappa shape index (κ2) is 5.28. The van der Waals surface area contributed by atoms with Gasteiger partial charge >= 0.3 is 0 Å². The second-order valence-corrected chi connectivity index (χ2v) is 6.23. The van der Waals surface area contributed by atoms with Gasteiger partial charge in [-0.15, -0.1) is 11.3 Å². The van der Waals surface area contributed by atoms with Gasteiger partial charge in [0.05, 0.1) is 5.69 Å². The molecule has 0 aliphatic rings. The third-order valence-electron chi connectivity index (χ3n) is 2.67. The molecule has 2 rings (SSSR count). The molecule has 3 nitrogen and oxygen atoms in total. The van der Waals surface area contributed by atoms with Gasteiger partial charge in [-0.1, -0.05) is 20.8 Å². The predicted octanol–water partition coefficient (Wildman–Crippen LogP) is 3.97. The van der Waals surface area contributed by atoms with E-state index < -0.39 is 17.5 Å². The highest BCUT2D eigenvalue weighted by molar-refractivity contribution is 7.14. The molecule has 0 saturated carbocycles. The van der Waals surface area contributed by atoms with Gasteiger partial charge in [0.25, 0.3) is 5.91 Å². The van der Waals surface area contributed by atoms with Gasteiger partial charge in [-0.25, -0.2) is 13.8 Å². The number of carbonyl (C=O) groups excluding carboxylic acids is 1. The van der Waals surface area contributed by atoms with Gasteiger partial charge in [-0.3, -0.25) is 10.1 Å². The number of benzene rings is 1. The molecular weight excluding hydrogens is 282 g/mol. The van der Waals surface area contributed by atoms with Crippen molar-refractivity contribution in [1.29, 1.82) is 0 Å². The first-order valence-corrected chi connectivity index (χ1v) is 6.88. The van der Waals surface area contributed by atoms with Crippen LogP contribution in [0.15, 0.2) is 23.6 Å². The topological polar surface area (TPSA) is 42.0 Å². The van der Waals surface area contributed by atoms with Crippen LogP contribution in [-0.4, -0.2) is 10.9 Å². The molecule has 0 aliphatic carbocycles. The summed E-state index contributed by atoms with van der Waals surface area (Å²) in [7, 11) is 0. The maximum atomic E-state index is 13.1. The number of halogens is 2. The van der Waals surface area contributed by atoms with Crippen LogP contribution in [0.3, 0.4) is 0 Å². The van der Waals surface area contributed by atoms with Crippen molar-refractivity contribution < 1.29 is 13.6 Å². The summed E-state index contributed by atoms with van der Waals surface area (Å²) in [5.41, 5.74) is 0.807. The fourth-order valence-corrected chi connectivity index (χ4v) is 2.41. The average Bonchev–Trinajstić information content (AvgIpc) is 2.81. The molecule has 1 heterocycles. The zero-order valence-corrected chi connectivity index (χ0v) is 12.1. The fraction of sp³-hybridized carbons (Fsp3) is 0.286. The van der Waals surface area contributed by atoms with Gasteiger partial charge in [-0.2, -0.15) is 0 Å². The Balaban J connectivity index is 2.15. The number of thiazole rings is 1. The van der Waals surface area contributed by atoms with Crippen molar-refractivity contribution in [3.8, 4) is 0 Å². The summed E-state index contributed by atoms with van der Waals surface area (Å²) >= 11 is 1.30. The van der Waals surface area contributed by atoms with Crippen LogP contribution in [-0.2, 0) is 5.41 Å². The summed E-state index contributed by atoms with van der Waals surface area (Å²) in [4.78, 5) is 16.2. The molecule has 1 aromatic carbocycles. The lowest BCUT2D eigenvalue weighted by molar-refractivity contribution is 0.102. The third kappa shape index (κ3) is 3.19. The molecule has 1 N–H and O–H groups in total. The van der Waals surface area contributed by atoms with E-state index in [0.717, 1.165) is 17.8 Å². The maximum absolute atomic E-state index is 13.1. The van der Waals surface area contributed by atoms with Gasteiger partial charge < -0.3 is 0 Å². The van der Waals surface area contributed by atoms with E-state index in [1.165, 1.54) is 17.4 Å². The number of anilines is 1. The Bertz CT molecular complexity index is 647. The van der Waals surface area contributed by atoms with Gasteiger partial charge in [-0.05, 0) is 18.2 Å². The normalized spacial score (nSPS) is 11.4. The first kappa shape index (κ1) is 14.6. The van der Waals surface area contributed by atoms with E-state index >= 15 is 0 Å². The van der Waals surface area contributed by atoms with Crippen molar-refractivity contribution in [2.45, 2.75) is 26.2 Å². The van der Waals surface area contributed by atoms with E-state index in [1.54, 1.807) is 0 Å². The van der Waals surface area contributed by atoms with Crippen molar-refractivity contribution in [1.82, 2.24) is 4.98 Å². The lowest BCUT2D eigenvalue weighted by atomic mass is 9.93. The van der Waals surface area contributed by atoms with Crippen LogP contribution in [0.1, 0.15) is 36.8 Å². The van der Waals surface area contributed by atoms with Crippen LogP contribution in [0.4, 0.5) is 13.9 Å². The second-order valence-electron chi connectivity index (χ2n) is 5.37. The van der Waals surface area contributed by atoms with Crippen molar-refractivity contribution in [3.63, 3.8) is 0 Å². The minimum Gasteiger partial charge on any atom is -0.298 e. The molecular formula is C14H14F2N2OS. The lowest BCUT2D eigenvalue weighted by Crippen LogP contribution is -2.14. The predicted molar refractivity (Wildman–Crippen MR) is 75.1 cm³/mol. The smallest absolute Gasteiger partial charge is 0.257 e. The molecule has 0 spiro atoms. The maximum Gasteiger partial charge on any atom is 0.257 e. The standard InChI is InChI=1S/C14H14F2N2OS/c1-14(2,3)11-7-20-13(17-11)18-12(19)8-4-5-9(15)10(16)6-8/h4-7H,1-3H3,(H,17,18,19). The van der Waals surface area contributed by atoms with Crippen LogP contribution >= 0.6 is 11.3 Å². The molecule has 0 aliphatic heterocycles. The van der Waals surface area contributed by atoms with Crippen LogP contribution in [0.25, 0.3) is 0 Å². The molecule has 1 amide bonds. The molecule has 6 heteroatoms. The molecule has 106 valence electrons. The number of nitrogens with zero attached hydrogens (tertiary/aromatic N) is 1. The monoisotopic (exact) mass is 296 g/mol. The van der Waals surface area contributed by atoms with Gasteiger partial charge in [0.1, 0.15) is 0 Å². The molecule has 0 unspecified atom stereocenters. The Morgan fingerprint density at radius 2 is 1.95 bits per heavy atom. The highest BCUT2D eigenvalue weighted by Crippen LogP contribution is 2.26. The van der Waals surface area contributed by atoms with Crippen LogP contribution in [0, 0.1) is 11.6 Å².